The van der Waals surface area contributed by atoms with E-state index in [1.54, 1.807) is 12.4 Å². The number of likely N-dealkylation sites (N-methyl/N-ethyl adjacent to an activating group) is 1. The Bertz CT molecular complexity index is 1250. The summed E-state index contributed by atoms with van der Waals surface area (Å²) in [5, 5.41) is 3.99. The summed E-state index contributed by atoms with van der Waals surface area (Å²) in [6.45, 7) is 8.47. The van der Waals surface area contributed by atoms with Gasteiger partial charge >= 0.3 is 0 Å². The number of rotatable bonds is 5. The fraction of sp³-hybridized carbons (Fsp3) is 0.414. The molecule has 1 atom stereocenters. The van der Waals surface area contributed by atoms with Crippen LogP contribution < -0.4 is 10.2 Å². The number of halogens is 1. The average molecular weight is 504 g/mol. The summed E-state index contributed by atoms with van der Waals surface area (Å²) in [5.74, 6) is 0.667. The summed E-state index contributed by atoms with van der Waals surface area (Å²) < 4.78 is 0. The first kappa shape index (κ1) is 24.7. The first-order chi connectivity index (χ1) is 17.4. The second kappa shape index (κ2) is 10.6. The number of carbonyl (C=O) groups excluding carboxylic acids is 1. The molecule has 5 rings (SSSR count). The number of carbonyl (C=O) groups is 1. The quantitative estimate of drug-likeness (QED) is 0.560. The van der Waals surface area contributed by atoms with Crippen LogP contribution in [0.1, 0.15) is 34.2 Å². The van der Waals surface area contributed by atoms with Gasteiger partial charge in [-0.15, -0.1) is 0 Å². The minimum absolute atomic E-state index is 0.0243. The number of hydrogen-bond acceptors (Lipinski definition) is 5. The third-order valence-corrected chi connectivity index (χ3v) is 7.78. The van der Waals surface area contributed by atoms with Gasteiger partial charge in [0.2, 0.25) is 5.91 Å². The lowest BCUT2D eigenvalue weighted by Crippen LogP contribution is -2.45. The van der Waals surface area contributed by atoms with Gasteiger partial charge in [0.05, 0.1) is 6.42 Å². The van der Waals surface area contributed by atoms with Crippen LogP contribution in [0.3, 0.4) is 0 Å². The molecular weight excluding hydrogens is 470 g/mol. The topological polar surface area (TPSA) is 61.4 Å². The van der Waals surface area contributed by atoms with Crippen molar-refractivity contribution in [2.75, 3.05) is 38.1 Å². The SMILES string of the molecule is Cc1cc(Cl)ccc1-c1ncc(CC(=O)N[C@@H]2CCc3c(C)ccc(N4CCN(C)CC4)c3C2)cn1. The van der Waals surface area contributed by atoms with Gasteiger partial charge in [0.15, 0.2) is 5.82 Å². The van der Waals surface area contributed by atoms with Gasteiger partial charge in [-0.05, 0) is 92.2 Å². The molecule has 1 amide bonds. The van der Waals surface area contributed by atoms with Gasteiger partial charge in [-0.2, -0.15) is 0 Å². The molecule has 2 aliphatic rings. The minimum atomic E-state index is 0.0243. The molecule has 1 N–H and O–H groups in total. The first-order valence-corrected chi connectivity index (χ1v) is 13.2. The second-order valence-electron chi connectivity index (χ2n) is 10.2. The molecule has 6 nitrogen and oxygen atoms in total. The van der Waals surface area contributed by atoms with Crippen LogP contribution in [-0.2, 0) is 24.1 Å². The van der Waals surface area contributed by atoms with Crippen molar-refractivity contribution in [2.24, 2.45) is 0 Å². The second-order valence-corrected chi connectivity index (χ2v) is 10.6. The Hall–Kier alpha value is -2.96. The van der Waals surface area contributed by atoms with E-state index in [0.29, 0.717) is 10.8 Å². The van der Waals surface area contributed by atoms with E-state index in [2.05, 4.69) is 51.2 Å². The van der Waals surface area contributed by atoms with Crippen LogP contribution in [0.2, 0.25) is 5.02 Å². The zero-order chi connectivity index (χ0) is 25.2. The van der Waals surface area contributed by atoms with Crippen molar-refractivity contribution in [3.8, 4) is 11.4 Å². The Morgan fingerprint density at radius 3 is 2.50 bits per heavy atom. The number of fused-ring (bicyclic) bond motifs is 1. The average Bonchev–Trinajstić information content (AvgIpc) is 2.86. The molecule has 0 saturated carbocycles. The van der Waals surface area contributed by atoms with E-state index in [1.807, 2.05) is 25.1 Å². The van der Waals surface area contributed by atoms with E-state index in [-0.39, 0.29) is 18.4 Å². The highest BCUT2D eigenvalue weighted by molar-refractivity contribution is 6.30. The van der Waals surface area contributed by atoms with Gasteiger partial charge in [0.1, 0.15) is 0 Å². The minimum Gasteiger partial charge on any atom is -0.369 e. The maximum absolute atomic E-state index is 12.9. The number of aromatic nitrogens is 2. The van der Waals surface area contributed by atoms with E-state index in [0.717, 1.165) is 62.1 Å². The number of hydrogen-bond donors (Lipinski definition) is 1. The number of nitrogens with zero attached hydrogens (tertiary/aromatic N) is 4. The smallest absolute Gasteiger partial charge is 0.224 e. The summed E-state index contributed by atoms with van der Waals surface area (Å²) >= 11 is 6.07. The number of piperazine rings is 1. The van der Waals surface area contributed by atoms with Crippen LogP contribution in [0.25, 0.3) is 11.4 Å². The summed E-state index contributed by atoms with van der Waals surface area (Å²) in [6, 6.07) is 10.4. The maximum Gasteiger partial charge on any atom is 0.224 e. The highest BCUT2D eigenvalue weighted by Gasteiger charge is 2.26. The fourth-order valence-electron chi connectivity index (χ4n) is 5.43. The van der Waals surface area contributed by atoms with Gasteiger partial charge in [-0.3, -0.25) is 4.79 Å². The lowest BCUT2D eigenvalue weighted by atomic mass is 9.84. The molecule has 1 fully saturated rings. The van der Waals surface area contributed by atoms with Gasteiger partial charge in [0, 0.05) is 60.9 Å². The molecule has 2 heterocycles. The molecule has 0 spiro atoms. The monoisotopic (exact) mass is 503 g/mol. The van der Waals surface area contributed by atoms with Gasteiger partial charge in [-0.1, -0.05) is 17.7 Å². The van der Waals surface area contributed by atoms with Crippen LogP contribution in [0, 0.1) is 13.8 Å². The van der Waals surface area contributed by atoms with Crippen molar-refractivity contribution in [1.29, 1.82) is 0 Å². The van der Waals surface area contributed by atoms with Crippen LogP contribution >= 0.6 is 11.6 Å². The van der Waals surface area contributed by atoms with Gasteiger partial charge in [0.25, 0.3) is 0 Å². The van der Waals surface area contributed by atoms with E-state index in [4.69, 9.17) is 11.6 Å². The number of nitrogens with one attached hydrogen (secondary N) is 1. The summed E-state index contributed by atoms with van der Waals surface area (Å²) in [7, 11) is 2.19. The summed E-state index contributed by atoms with van der Waals surface area (Å²) in [4.78, 5) is 26.8. The van der Waals surface area contributed by atoms with E-state index in [1.165, 1.54) is 22.4 Å². The van der Waals surface area contributed by atoms with Crippen LogP contribution in [0.5, 0.6) is 0 Å². The van der Waals surface area contributed by atoms with Crippen LogP contribution in [0.4, 0.5) is 5.69 Å². The molecule has 1 aliphatic heterocycles. The third-order valence-electron chi connectivity index (χ3n) is 7.54. The lowest BCUT2D eigenvalue weighted by Gasteiger charge is -2.37. The van der Waals surface area contributed by atoms with Crippen molar-refractivity contribution in [3.05, 3.63) is 75.6 Å². The number of aryl methyl sites for hydroxylation is 2. The standard InChI is InChI=1S/C29H34ClN5O/c1-19-4-9-27(35-12-10-34(3)11-13-35)26-16-23(6-8-24(19)26)33-28(36)15-21-17-31-29(32-18-21)25-7-5-22(30)14-20(25)2/h4-5,7,9,14,17-18,23H,6,8,10-13,15-16H2,1-3H3,(H,33,36)/t23-/m1/s1. The zero-order valence-electron chi connectivity index (χ0n) is 21.4. The number of anilines is 1. The molecule has 36 heavy (non-hydrogen) atoms. The molecule has 1 saturated heterocycles. The molecule has 2 aromatic carbocycles. The predicted octanol–water partition coefficient (Wildman–Crippen LogP) is 4.38. The highest BCUT2D eigenvalue weighted by Crippen LogP contribution is 2.33. The summed E-state index contributed by atoms with van der Waals surface area (Å²) in [5.41, 5.74) is 8.39. The first-order valence-electron chi connectivity index (χ1n) is 12.8. The van der Waals surface area contributed by atoms with Crippen molar-refractivity contribution >= 4 is 23.2 Å². The van der Waals surface area contributed by atoms with Crippen LogP contribution in [-0.4, -0.2) is 60.0 Å². The van der Waals surface area contributed by atoms with E-state index in [9.17, 15) is 4.79 Å². The van der Waals surface area contributed by atoms with Gasteiger partial charge in [-0.25, -0.2) is 9.97 Å². The lowest BCUT2D eigenvalue weighted by molar-refractivity contribution is -0.121. The fourth-order valence-corrected chi connectivity index (χ4v) is 5.66. The van der Waals surface area contributed by atoms with Gasteiger partial charge < -0.3 is 15.1 Å². The number of benzene rings is 2. The van der Waals surface area contributed by atoms with E-state index < -0.39 is 0 Å². The summed E-state index contributed by atoms with van der Waals surface area (Å²) in [6.07, 6.45) is 6.64. The Morgan fingerprint density at radius 2 is 1.78 bits per heavy atom. The van der Waals surface area contributed by atoms with Crippen LogP contribution in [0.15, 0.2) is 42.7 Å². The highest BCUT2D eigenvalue weighted by atomic mass is 35.5. The Balaban J connectivity index is 1.24. The molecular formula is C29H34ClN5O. The van der Waals surface area contributed by atoms with E-state index >= 15 is 0 Å². The molecule has 0 bridgehead atoms. The zero-order valence-corrected chi connectivity index (χ0v) is 22.1. The molecule has 3 aromatic rings. The number of amides is 1. The van der Waals surface area contributed by atoms with Crippen molar-refractivity contribution in [1.82, 2.24) is 20.2 Å². The molecule has 1 aromatic heterocycles. The molecule has 0 unspecified atom stereocenters. The molecule has 1 aliphatic carbocycles. The normalized spacial score (nSPS) is 18.1. The molecule has 188 valence electrons. The van der Waals surface area contributed by atoms with Crippen molar-refractivity contribution < 1.29 is 4.79 Å². The molecule has 7 heteroatoms. The van der Waals surface area contributed by atoms with Crippen molar-refractivity contribution in [2.45, 2.75) is 45.6 Å². The maximum atomic E-state index is 12.9. The Morgan fingerprint density at radius 1 is 1.03 bits per heavy atom. The Kier molecular flexibility index (Phi) is 7.26. The molecule has 0 radical (unpaired) electrons. The largest absolute Gasteiger partial charge is 0.369 e. The third kappa shape index (κ3) is 5.40. The van der Waals surface area contributed by atoms with Crippen molar-refractivity contribution in [3.63, 3.8) is 0 Å². The predicted molar refractivity (Wildman–Crippen MR) is 146 cm³/mol. The Labute approximate surface area is 218 Å².